The number of nitrogens with one attached hydrogen (secondary N) is 1. The Labute approximate surface area is 116 Å². The molecule has 4 nitrogen and oxygen atoms in total. The lowest BCUT2D eigenvalue weighted by molar-refractivity contribution is 0.0697. The van der Waals surface area contributed by atoms with Gasteiger partial charge in [-0.05, 0) is 36.2 Å². The fourth-order valence-corrected chi connectivity index (χ4v) is 1.91. The molecule has 1 aromatic heterocycles. The third-order valence-corrected chi connectivity index (χ3v) is 2.84. The molecule has 0 saturated heterocycles. The molecule has 0 spiro atoms. The third-order valence-electron chi connectivity index (χ3n) is 2.65. The molecule has 2 N–H and O–H groups in total. The van der Waals surface area contributed by atoms with Crippen LogP contribution in [0.1, 0.15) is 22.8 Å². The van der Waals surface area contributed by atoms with Crippen molar-refractivity contribution in [3.63, 3.8) is 0 Å². The van der Waals surface area contributed by atoms with Crippen molar-refractivity contribution in [1.29, 1.82) is 0 Å². The van der Waals surface area contributed by atoms with Crippen LogP contribution in [0.3, 0.4) is 0 Å². The van der Waals surface area contributed by atoms with E-state index >= 15 is 0 Å². The zero-order valence-corrected chi connectivity index (χ0v) is 11.1. The van der Waals surface area contributed by atoms with Gasteiger partial charge in [-0.3, -0.25) is 0 Å². The first-order valence-corrected chi connectivity index (χ1v) is 6.23. The summed E-state index contributed by atoms with van der Waals surface area (Å²) in [6, 6.07) is 10.6. The van der Waals surface area contributed by atoms with E-state index in [1.165, 1.54) is 17.7 Å². The molecule has 0 aliphatic rings. The van der Waals surface area contributed by atoms with Crippen LogP contribution in [0, 0.1) is 0 Å². The summed E-state index contributed by atoms with van der Waals surface area (Å²) in [6.45, 7) is 2.07. The standard InChI is InChI=1S/C14H13ClN2O2/c1-2-9-4-3-5-11(6-9)16-13-8-10(14(18)19)7-12(15)17-13/h3-8H,2H2,1H3,(H,16,17)(H,18,19). The maximum Gasteiger partial charge on any atom is 0.335 e. The molecule has 0 fully saturated rings. The van der Waals surface area contributed by atoms with Crippen LogP contribution in [0.4, 0.5) is 11.5 Å². The second kappa shape index (κ2) is 5.71. The van der Waals surface area contributed by atoms with E-state index in [1.807, 2.05) is 24.3 Å². The van der Waals surface area contributed by atoms with Crippen molar-refractivity contribution in [2.75, 3.05) is 5.32 Å². The average Bonchev–Trinajstić information content (AvgIpc) is 2.38. The number of rotatable bonds is 4. The summed E-state index contributed by atoms with van der Waals surface area (Å²) in [7, 11) is 0. The highest BCUT2D eigenvalue weighted by atomic mass is 35.5. The van der Waals surface area contributed by atoms with Crippen molar-refractivity contribution < 1.29 is 9.90 Å². The Morgan fingerprint density at radius 3 is 2.84 bits per heavy atom. The molecular formula is C14H13ClN2O2. The van der Waals surface area contributed by atoms with Crippen molar-refractivity contribution in [2.45, 2.75) is 13.3 Å². The van der Waals surface area contributed by atoms with E-state index < -0.39 is 5.97 Å². The number of hydrogen-bond acceptors (Lipinski definition) is 3. The minimum absolute atomic E-state index is 0.106. The van der Waals surface area contributed by atoms with Gasteiger partial charge in [0.25, 0.3) is 0 Å². The Bertz CT molecular complexity index is 614. The first-order chi connectivity index (χ1) is 9.08. The van der Waals surface area contributed by atoms with Crippen LogP contribution in [0.15, 0.2) is 36.4 Å². The summed E-state index contributed by atoms with van der Waals surface area (Å²) in [5.41, 5.74) is 2.14. The van der Waals surface area contributed by atoms with E-state index in [4.69, 9.17) is 16.7 Å². The first-order valence-electron chi connectivity index (χ1n) is 5.85. The molecule has 98 valence electrons. The van der Waals surface area contributed by atoms with Crippen molar-refractivity contribution in [3.05, 3.63) is 52.7 Å². The third kappa shape index (κ3) is 3.45. The Hall–Kier alpha value is -2.07. The van der Waals surface area contributed by atoms with Gasteiger partial charge in [-0.1, -0.05) is 30.7 Å². The van der Waals surface area contributed by atoms with Crippen LogP contribution < -0.4 is 5.32 Å². The number of benzene rings is 1. The summed E-state index contributed by atoms with van der Waals surface area (Å²) in [6.07, 6.45) is 0.929. The van der Waals surface area contributed by atoms with Crippen molar-refractivity contribution in [1.82, 2.24) is 4.98 Å². The normalized spacial score (nSPS) is 10.2. The predicted octanol–water partition coefficient (Wildman–Crippen LogP) is 3.74. The molecule has 2 rings (SSSR count). The first kappa shape index (κ1) is 13.4. The minimum atomic E-state index is -1.03. The molecule has 0 radical (unpaired) electrons. The summed E-state index contributed by atoms with van der Waals surface area (Å²) >= 11 is 5.80. The number of pyridine rings is 1. The summed E-state index contributed by atoms with van der Waals surface area (Å²) < 4.78 is 0. The fourth-order valence-electron chi connectivity index (χ4n) is 1.70. The Morgan fingerprint density at radius 2 is 2.16 bits per heavy atom. The van der Waals surface area contributed by atoms with Gasteiger partial charge >= 0.3 is 5.97 Å². The highest BCUT2D eigenvalue weighted by Crippen LogP contribution is 2.20. The molecule has 0 amide bonds. The lowest BCUT2D eigenvalue weighted by Crippen LogP contribution is -2.01. The SMILES string of the molecule is CCc1cccc(Nc2cc(C(=O)O)cc(Cl)n2)c1. The van der Waals surface area contributed by atoms with Gasteiger partial charge in [0.05, 0.1) is 5.56 Å². The minimum Gasteiger partial charge on any atom is -0.478 e. The van der Waals surface area contributed by atoms with Crippen LogP contribution in [-0.4, -0.2) is 16.1 Å². The lowest BCUT2D eigenvalue weighted by atomic mass is 10.1. The largest absolute Gasteiger partial charge is 0.478 e. The highest BCUT2D eigenvalue weighted by molar-refractivity contribution is 6.29. The molecule has 0 bridgehead atoms. The van der Waals surface area contributed by atoms with Crippen LogP contribution >= 0.6 is 11.6 Å². The van der Waals surface area contributed by atoms with Gasteiger partial charge in [-0.15, -0.1) is 0 Å². The number of hydrogen-bond donors (Lipinski definition) is 2. The number of aromatic nitrogens is 1. The molecule has 1 aromatic carbocycles. The van der Waals surface area contributed by atoms with Gasteiger partial charge < -0.3 is 10.4 Å². The van der Waals surface area contributed by atoms with Crippen LogP contribution in [0.5, 0.6) is 0 Å². The fraction of sp³-hybridized carbons (Fsp3) is 0.143. The summed E-state index contributed by atoms with van der Waals surface area (Å²) in [4.78, 5) is 15.0. The van der Waals surface area contributed by atoms with E-state index in [-0.39, 0.29) is 10.7 Å². The number of aryl methyl sites for hydroxylation is 1. The predicted molar refractivity (Wildman–Crippen MR) is 75.3 cm³/mol. The zero-order chi connectivity index (χ0) is 13.8. The molecular weight excluding hydrogens is 264 g/mol. The Morgan fingerprint density at radius 1 is 1.37 bits per heavy atom. The number of halogens is 1. The second-order valence-electron chi connectivity index (χ2n) is 4.05. The van der Waals surface area contributed by atoms with E-state index in [1.54, 1.807) is 0 Å². The number of carboxylic acids is 1. The zero-order valence-electron chi connectivity index (χ0n) is 10.4. The van der Waals surface area contributed by atoms with Crippen LogP contribution in [-0.2, 0) is 6.42 Å². The molecule has 1 heterocycles. The number of carbonyl (C=O) groups is 1. The summed E-state index contributed by atoms with van der Waals surface area (Å²) in [5.74, 6) is -0.618. The van der Waals surface area contributed by atoms with Gasteiger partial charge in [-0.25, -0.2) is 9.78 Å². The molecule has 0 atom stereocenters. The number of anilines is 2. The van der Waals surface area contributed by atoms with Gasteiger partial charge in [0.2, 0.25) is 0 Å². The molecule has 0 aliphatic carbocycles. The number of nitrogens with zero attached hydrogens (tertiary/aromatic N) is 1. The summed E-state index contributed by atoms with van der Waals surface area (Å²) in [5, 5.41) is 12.2. The lowest BCUT2D eigenvalue weighted by Gasteiger charge is -2.08. The molecule has 0 aliphatic heterocycles. The quantitative estimate of drug-likeness (QED) is 0.835. The van der Waals surface area contributed by atoms with Gasteiger partial charge in [-0.2, -0.15) is 0 Å². The highest BCUT2D eigenvalue weighted by Gasteiger charge is 2.07. The van der Waals surface area contributed by atoms with Gasteiger partial charge in [0.1, 0.15) is 11.0 Å². The van der Waals surface area contributed by atoms with Gasteiger partial charge in [0, 0.05) is 5.69 Å². The molecule has 0 unspecified atom stereocenters. The van der Waals surface area contributed by atoms with Gasteiger partial charge in [0.15, 0.2) is 0 Å². The number of aromatic carboxylic acids is 1. The van der Waals surface area contributed by atoms with E-state index in [0.717, 1.165) is 12.1 Å². The van der Waals surface area contributed by atoms with E-state index in [0.29, 0.717) is 5.82 Å². The second-order valence-corrected chi connectivity index (χ2v) is 4.44. The Balaban J connectivity index is 2.29. The number of carboxylic acid groups (broad SMARTS) is 1. The van der Waals surface area contributed by atoms with Crippen LogP contribution in [0.2, 0.25) is 5.15 Å². The van der Waals surface area contributed by atoms with Crippen molar-refractivity contribution in [2.24, 2.45) is 0 Å². The maximum atomic E-state index is 10.9. The maximum absolute atomic E-state index is 10.9. The van der Waals surface area contributed by atoms with Crippen molar-refractivity contribution in [3.8, 4) is 0 Å². The van der Waals surface area contributed by atoms with E-state index in [2.05, 4.69) is 17.2 Å². The monoisotopic (exact) mass is 276 g/mol. The smallest absolute Gasteiger partial charge is 0.335 e. The average molecular weight is 277 g/mol. The Kier molecular flexibility index (Phi) is 4.02. The molecule has 0 saturated carbocycles. The van der Waals surface area contributed by atoms with Crippen LogP contribution in [0.25, 0.3) is 0 Å². The molecule has 2 aromatic rings. The topological polar surface area (TPSA) is 62.2 Å². The van der Waals surface area contributed by atoms with Crippen molar-refractivity contribution >= 4 is 29.1 Å². The molecule has 5 heteroatoms. The van der Waals surface area contributed by atoms with E-state index in [9.17, 15) is 4.79 Å². The molecule has 19 heavy (non-hydrogen) atoms.